The summed E-state index contributed by atoms with van der Waals surface area (Å²) in [5, 5.41) is 5.50. The van der Waals surface area contributed by atoms with Gasteiger partial charge in [-0.2, -0.15) is 13.2 Å². The highest BCUT2D eigenvalue weighted by Crippen LogP contribution is 2.46. The molecular weight excluding hydrogens is 903 g/mol. The maximum absolute atomic E-state index is 15.3. The van der Waals surface area contributed by atoms with Gasteiger partial charge in [0.15, 0.2) is 11.6 Å². The van der Waals surface area contributed by atoms with Gasteiger partial charge in [-0.05, 0) is 126 Å². The van der Waals surface area contributed by atoms with Gasteiger partial charge in [0.2, 0.25) is 33.3 Å². The number of fused-ring (bicyclic) bond motifs is 3. The number of amides is 4. The minimum atomic E-state index is -4.95. The lowest BCUT2D eigenvalue weighted by Gasteiger charge is -2.34. The third kappa shape index (κ3) is 10.9. The number of nitrogens with one attached hydrogen (secondary N) is 3. The van der Waals surface area contributed by atoms with Crippen molar-refractivity contribution >= 4 is 44.6 Å². The molecule has 2 aliphatic carbocycles. The number of aromatic nitrogens is 1. The van der Waals surface area contributed by atoms with Crippen molar-refractivity contribution in [3.8, 4) is 28.6 Å². The van der Waals surface area contributed by atoms with Crippen molar-refractivity contribution in [2.24, 2.45) is 17.8 Å². The third-order valence-corrected chi connectivity index (χ3v) is 14.6. The number of allylic oxidation sites excluding steroid dienone is 1. The second-order valence-electron chi connectivity index (χ2n) is 19.0. The molecule has 1 unspecified atom stereocenters. The average Bonchev–Trinajstić information content (AvgIpc) is 4.17. The van der Waals surface area contributed by atoms with Crippen molar-refractivity contribution in [2.45, 2.75) is 133 Å². The summed E-state index contributed by atoms with van der Waals surface area (Å²) in [5.41, 5.74) is -3.95. The molecule has 7 atom stereocenters. The van der Waals surface area contributed by atoms with Crippen LogP contribution in [0.25, 0.3) is 22.0 Å². The fraction of sp³-hybridized carbons (Fsp3) is 0.553. The molecule has 1 aromatic heterocycles. The minimum Gasteiger partial charge on any atom is -0.497 e. The first kappa shape index (κ1) is 49.3. The van der Waals surface area contributed by atoms with Crippen molar-refractivity contribution in [2.75, 3.05) is 13.7 Å². The zero-order valence-electron chi connectivity index (χ0n) is 38.4. The fourth-order valence-electron chi connectivity index (χ4n) is 8.68. The van der Waals surface area contributed by atoms with Crippen LogP contribution in [0.2, 0.25) is 0 Å². The minimum absolute atomic E-state index is 0.0427. The number of hydrogen-bond acceptors (Lipinski definition) is 11. The summed E-state index contributed by atoms with van der Waals surface area (Å²) in [5.74, 6) is -4.01. The number of alkyl halides is 3. The normalized spacial score (nSPS) is 26.6. The maximum atomic E-state index is 15.3. The Labute approximate surface area is 386 Å². The molecule has 3 aromatic rings. The second-order valence-corrected chi connectivity index (χ2v) is 20.9. The Bertz CT molecular complexity index is 2550. The highest BCUT2D eigenvalue weighted by atomic mass is 32.2. The monoisotopic (exact) mass is 959 g/mol. The molecule has 4 aliphatic rings. The summed E-state index contributed by atoms with van der Waals surface area (Å²) < 4.78 is 108. The number of rotatable bonds is 11. The van der Waals surface area contributed by atoms with Crippen molar-refractivity contribution in [1.82, 2.24) is 25.2 Å². The van der Waals surface area contributed by atoms with Crippen LogP contribution in [0, 0.1) is 23.6 Å². The average molecular weight is 960 g/mol. The molecule has 2 aliphatic heterocycles. The van der Waals surface area contributed by atoms with Crippen LogP contribution in [0.3, 0.4) is 0 Å². The van der Waals surface area contributed by atoms with Gasteiger partial charge in [0.05, 0.1) is 30.7 Å². The van der Waals surface area contributed by atoms with E-state index in [-0.39, 0.29) is 43.0 Å². The van der Waals surface area contributed by atoms with Crippen LogP contribution in [0.1, 0.15) is 86.5 Å². The van der Waals surface area contributed by atoms with Gasteiger partial charge < -0.3 is 34.5 Å². The molecule has 0 radical (unpaired) electrons. The molecule has 364 valence electrons. The molecule has 2 aromatic carbocycles. The van der Waals surface area contributed by atoms with Crippen molar-refractivity contribution in [3.63, 3.8) is 0 Å². The molecule has 3 fully saturated rings. The maximum Gasteiger partial charge on any atom is 0.427 e. The Hall–Kier alpha value is -5.66. The number of halogens is 4. The lowest BCUT2D eigenvalue weighted by molar-refractivity contribution is -0.244. The van der Waals surface area contributed by atoms with E-state index in [0.717, 1.165) is 4.90 Å². The number of methoxy groups -OCH3 is 1. The van der Waals surface area contributed by atoms with Crippen LogP contribution in [0.15, 0.2) is 54.6 Å². The number of hydrogen-bond donors (Lipinski definition) is 3. The lowest BCUT2D eigenvalue weighted by Crippen LogP contribution is -2.59. The van der Waals surface area contributed by atoms with E-state index in [4.69, 9.17) is 23.9 Å². The molecule has 20 heteroatoms. The Morgan fingerprint density at radius 3 is 2.40 bits per heavy atom. The Kier molecular flexibility index (Phi) is 13.8. The molecule has 3 N–H and O–H groups in total. The van der Waals surface area contributed by atoms with E-state index >= 15 is 4.39 Å². The highest BCUT2D eigenvalue weighted by molar-refractivity contribution is 7.91. The zero-order valence-corrected chi connectivity index (χ0v) is 39.2. The Balaban J connectivity index is 1.27. The van der Waals surface area contributed by atoms with Gasteiger partial charge in [-0.25, -0.2) is 22.6 Å². The lowest BCUT2D eigenvalue weighted by atomic mass is 9.88. The zero-order chi connectivity index (χ0) is 48.8. The predicted molar refractivity (Wildman–Crippen MR) is 238 cm³/mol. The number of benzene rings is 2. The molecular formula is C47H57F4N5O10S. The summed E-state index contributed by atoms with van der Waals surface area (Å²) in [6, 6.07) is 8.28. The Morgan fingerprint density at radius 2 is 1.75 bits per heavy atom. The van der Waals surface area contributed by atoms with Crippen LogP contribution in [-0.2, 0) is 29.1 Å². The topological polar surface area (TPSA) is 192 Å². The summed E-state index contributed by atoms with van der Waals surface area (Å²) in [6.07, 6.45) is -2.10. The van der Waals surface area contributed by atoms with Crippen molar-refractivity contribution < 1.29 is 64.1 Å². The number of nitrogens with zero attached hydrogens (tertiary/aromatic N) is 2. The molecule has 15 nitrogen and oxygen atoms in total. The van der Waals surface area contributed by atoms with Gasteiger partial charge in [0, 0.05) is 23.3 Å². The van der Waals surface area contributed by atoms with E-state index in [0.29, 0.717) is 73.7 Å². The molecule has 1 saturated heterocycles. The molecule has 4 amide bonds. The molecule has 0 bridgehead atoms. The fourth-order valence-corrected chi connectivity index (χ4v) is 10.0. The molecule has 3 heterocycles. The van der Waals surface area contributed by atoms with Crippen LogP contribution in [0.4, 0.5) is 22.4 Å². The summed E-state index contributed by atoms with van der Waals surface area (Å²) in [7, 11) is -2.54. The number of sulfonamides is 1. The first-order valence-electron chi connectivity index (χ1n) is 22.4. The molecule has 67 heavy (non-hydrogen) atoms. The Morgan fingerprint density at radius 1 is 1.01 bits per heavy atom. The number of ether oxygens (including phenoxy) is 4. The number of carbonyl (C=O) groups excluding carboxylic acids is 4. The molecule has 0 spiro atoms. The van der Waals surface area contributed by atoms with Crippen molar-refractivity contribution in [1.29, 1.82) is 0 Å². The predicted octanol–water partition coefficient (Wildman–Crippen LogP) is 7.12. The standard InChI is InChI=1S/C47H57F4N5O10S/c1-25(2)64-38-17-12-28(20-35(38)48)36-21-29-19-31(63-7)13-16-34(29)41(52-36)65-32-22-37-40(57)54-46(43(59)55-67(61,62)33-14-15-33)23-30(46)11-9-8-10-26(3)18-27(4)39(42(58)56(37)24-32)53-44(60)66-45(5,6)47(49,50)51/h9,11-13,16-17,19-21,25-27,30,32-33,37,39H,8,10,14-15,18,22-24H2,1-7H3,(H,53,60)(H,54,57)(H,55,59)/b11-9-/t26-,27+,30?,32+,37-,39-,46+/m0/s1. The number of carbonyl (C=O) groups is 4. The largest absolute Gasteiger partial charge is 0.497 e. The van der Waals surface area contributed by atoms with Gasteiger partial charge in [-0.15, -0.1) is 0 Å². The highest BCUT2D eigenvalue weighted by Gasteiger charge is 2.62. The first-order chi connectivity index (χ1) is 31.4. The van der Waals surface area contributed by atoms with Gasteiger partial charge in [-0.1, -0.05) is 26.0 Å². The third-order valence-electron chi connectivity index (χ3n) is 12.8. The molecule has 2 saturated carbocycles. The number of alkyl carbamates (subject to hydrolysis) is 1. The SMILES string of the molecule is COc1ccc2c(O[C@@H]3C[C@H]4C(=O)N[C@]5(C(=O)NS(=O)(=O)C6CC6)CC5/C=C\CC[C@H](C)C[C@@H](C)[C@H](NC(=O)OC(C)(C)C(F)(F)F)C(=O)N4C3)nc(-c3ccc(OC(C)C)c(F)c3)cc2c1. The van der Waals surface area contributed by atoms with Crippen LogP contribution in [0.5, 0.6) is 17.4 Å². The summed E-state index contributed by atoms with van der Waals surface area (Å²) in [6.45, 7) is 8.16. The number of pyridine rings is 1. The summed E-state index contributed by atoms with van der Waals surface area (Å²) in [4.78, 5) is 62.9. The van der Waals surface area contributed by atoms with Crippen LogP contribution in [-0.4, -0.2) is 103 Å². The molecule has 7 rings (SSSR count). The first-order valence-corrected chi connectivity index (χ1v) is 24.0. The smallest absolute Gasteiger partial charge is 0.427 e. The van der Waals surface area contributed by atoms with E-state index in [9.17, 15) is 40.8 Å². The second kappa shape index (κ2) is 18.8. The van der Waals surface area contributed by atoms with E-state index in [2.05, 4.69) is 15.4 Å². The van der Waals surface area contributed by atoms with Gasteiger partial charge in [0.25, 0.3) is 5.91 Å². The van der Waals surface area contributed by atoms with Gasteiger partial charge >= 0.3 is 12.3 Å². The summed E-state index contributed by atoms with van der Waals surface area (Å²) >= 11 is 0. The van der Waals surface area contributed by atoms with Crippen LogP contribution >= 0.6 is 0 Å². The van der Waals surface area contributed by atoms with Crippen molar-refractivity contribution in [3.05, 3.63) is 60.4 Å². The van der Waals surface area contributed by atoms with E-state index in [1.807, 2.05) is 13.0 Å². The quantitative estimate of drug-likeness (QED) is 0.131. The van der Waals surface area contributed by atoms with E-state index in [1.54, 1.807) is 57.2 Å². The van der Waals surface area contributed by atoms with E-state index < -0.39 is 92.2 Å². The van der Waals surface area contributed by atoms with Gasteiger partial charge in [0.1, 0.15) is 29.5 Å². The van der Waals surface area contributed by atoms with Gasteiger partial charge in [-0.3, -0.25) is 19.1 Å². The van der Waals surface area contributed by atoms with Crippen LogP contribution < -0.4 is 29.6 Å². The van der Waals surface area contributed by atoms with E-state index in [1.165, 1.54) is 19.2 Å².